The van der Waals surface area contributed by atoms with E-state index < -0.39 is 27.0 Å². The van der Waals surface area contributed by atoms with Gasteiger partial charge in [0.05, 0.1) is 18.8 Å². The Bertz CT molecular complexity index is 453. The number of carbonyl (C=O) groups excluding carboxylic acids is 2. The lowest BCUT2D eigenvalue weighted by atomic mass is 10.1. The van der Waals surface area contributed by atoms with Gasteiger partial charge in [-0.2, -0.15) is 0 Å². The topological polar surface area (TPSA) is 80.8 Å². The maximum absolute atomic E-state index is 12.2. The van der Waals surface area contributed by atoms with E-state index in [1.165, 1.54) is 21.0 Å². The molecule has 0 aromatic rings. The highest BCUT2D eigenvalue weighted by Gasteiger charge is 2.34. The summed E-state index contributed by atoms with van der Waals surface area (Å²) in [6, 6.07) is 0. The summed E-state index contributed by atoms with van der Waals surface area (Å²) in [6.45, 7) is 4.12. The van der Waals surface area contributed by atoms with Gasteiger partial charge in [-0.3, -0.25) is 9.59 Å². The molecule has 0 aromatic heterocycles. The molecule has 1 fully saturated rings. The van der Waals surface area contributed by atoms with Crippen molar-refractivity contribution in [2.45, 2.75) is 38.4 Å². The van der Waals surface area contributed by atoms with Crippen molar-refractivity contribution >= 4 is 21.7 Å². The molecule has 0 radical (unpaired) electrons. The maximum Gasteiger partial charge on any atom is 0.309 e. The van der Waals surface area contributed by atoms with Gasteiger partial charge < -0.3 is 9.64 Å². The van der Waals surface area contributed by atoms with Crippen molar-refractivity contribution in [3.63, 3.8) is 0 Å². The van der Waals surface area contributed by atoms with E-state index in [1.807, 2.05) is 0 Å². The minimum atomic E-state index is -3.66. The van der Waals surface area contributed by atoms with Gasteiger partial charge in [0, 0.05) is 13.1 Å². The van der Waals surface area contributed by atoms with Crippen LogP contribution < -0.4 is 0 Å². The summed E-state index contributed by atoms with van der Waals surface area (Å²) >= 11 is 0. The van der Waals surface area contributed by atoms with Gasteiger partial charge in [-0.15, -0.1) is 0 Å². The molecule has 1 saturated heterocycles. The second kappa shape index (κ2) is 7.06. The number of piperidine rings is 1. The molecule has 0 saturated carbocycles. The van der Waals surface area contributed by atoms with Crippen LogP contribution in [0.3, 0.4) is 0 Å². The summed E-state index contributed by atoms with van der Waals surface area (Å²) in [6.07, 6.45) is 2.90. The fourth-order valence-electron chi connectivity index (χ4n) is 2.29. The Labute approximate surface area is 120 Å². The number of hydrogen-bond donors (Lipinski definition) is 0. The number of hydrogen-bond acceptors (Lipinski definition) is 5. The van der Waals surface area contributed by atoms with E-state index in [4.69, 9.17) is 0 Å². The monoisotopic (exact) mass is 305 g/mol. The molecule has 0 bridgehead atoms. The summed E-state index contributed by atoms with van der Waals surface area (Å²) in [4.78, 5) is 25.1. The van der Waals surface area contributed by atoms with Crippen LogP contribution in [0.25, 0.3) is 0 Å². The van der Waals surface area contributed by atoms with Crippen molar-refractivity contribution < 1.29 is 22.7 Å². The smallest absolute Gasteiger partial charge is 0.309 e. The van der Waals surface area contributed by atoms with Crippen LogP contribution in [-0.2, 0) is 24.2 Å². The van der Waals surface area contributed by atoms with Gasteiger partial charge in [0.25, 0.3) is 0 Å². The molecule has 116 valence electrons. The standard InChI is InChI=1S/C13H23NO5S/c1-10(13(16)19-3)9-20(17,18)11(2)12(15)14-7-5-4-6-8-14/h10-11H,4-9H2,1-3H3. The van der Waals surface area contributed by atoms with Crippen LogP contribution in [0, 0.1) is 5.92 Å². The van der Waals surface area contributed by atoms with Crippen LogP contribution in [0.15, 0.2) is 0 Å². The normalized spacial score (nSPS) is 19.2. The highest BCUT2D eigenvalue weighted by molar-refractivity contribution is 7.92. The first kappa shape index (κ1) is 16.9. The summed E-state index contributed by atoms with van der Waals surface area (Å²) in [5.41, 5.74) is 0. The summed E-state index contributed by atoms with van der Waals surface area (Å²) in [7, 11) is -2.44. The quantitative estimate of drug-likeness (QED) is 0.695. The molecule has 1 aliphatic heterocycles. The SMILES string of the molecule is COC(=O)C(C)CS(=O)(=O)C(C)C(=O)N1CCCCC1. The molecule has 1 heterocycles. The third-order valence-electron chi connectivity index (χ3n) is 3.64. The molecule has 1 aliphatic rings. The number of esters is 1. The van der Waals surface area contributed by atoms with Crippen LogP contribution in [0.5, 0.6) is 0 Å². The van der Waals surface area contributed by atoms with Gasteiger partial charge in [0.15, 0.2) is 9.84 Å². The summed E-state index contributed by atoms with van der Waals surface area (Å²) in [5, 5.41) is -1.10. The van der Waals surface area contributed by atoms with Gasteiger partial charge in [0.1, 0.15) is 5.25 Å². The van der Waals surface area contributed by atoms with Crippen LogP contribution in [0.1, 0.15) is 33.1 Å². The van der Waals surface area contributed by atoms with Crippen molar-refractivity contribution in [1.82, 2.24) is 4.90 Å². The van der Waals surface area contributed by atoms with E-state index >= 15 is 0 Å². The Balaban J connectivity index is 2.70. The molecule has 2 atom stereocenters. The minimum absolute atomic E-state index is 0.359. The molecule has 0 aromatic carbocycles. The zero-order chi connectivity index (χ0) is 15.3. The van der Waals surface area contributed by atoms with Gasteiger partial charge >= 0.3 is 5.97 Å². The van der Waals surface area contributed by atoms with Crippen molar-refractivity contribution in [2.24, 2.45) is 5.92 Å². The molecular formula is C13H23NO5S. The Hall–Kier alpha value is -1.11. The van der Waals surface area contributed by atoms with Gasteiger partial charge in [0.2, 0.25) is 5.91 Å². The van der Waals surface area contributed by atoms with Crippen LogP contribution in [0.4, 0.5) is 0 Å². The number of sulfone groups is 1. The molecular weight excluding hydrogens is 282 g/mol. The second-order valence-electron chi connectivity index (χ2n) is 5.28. The van der Waals surface area contributed by atoms with Gasteiger partial charge in [-0.25, -0.2) is 8.42 Å². The molecule has 2 unspecified atom stereocenters. The molecule has 0 N–H and O–H groups in total. The van der Waals surface area contributed by atoms with Crippen LogP contribution >= 0.6 is 0 Å². The van der Waals surface area contributed by atoms with Crippen molar-refractivity contribution in [3.8, 4) is 0 Å². The average Bonchev–Trinajstić information content (AvgIpc) is 2.45. The lowest BCUT2D eigenvalue weighted by Crippen LogP contribution is -2.45. The predicted octanol–water partition coefficient (Wildman–Crippen LogP) is 0.611. The van der Waals surface area contributed by atoms with E-state index in [-0.39, 0.29) is 11.7 Å². The Morgan fingerprint density at radius 2 is 1.70 bits per heavy atom. The van der Waals surface area contributed by atoms with Gasteiger partial charge in [-0.1, -0.05) is 6.92 Å². The number of likely N-dealkylation sites (tertiary alicyclic amines) is 1. The van der Waals surface area contributed by atoms with Crippen molar-refractivity contribution in [2.75, 3.05) is 26.0 Å². The zero-order valence-electron chi connectivity index (χ0n) is 12.3. The lowest BCUT2D eigenvalue weighted by Gasteiger charge is -2.29. The highest BCUT2D eigenvalue weighted by Crippen LogP contribution is 2.15. The van der Waals surface area contributed by atoms with Crippen LogP contribution in [-0.4, -0.2) is 56.4 Å². The molecule has 20 heavy (non-hydrogen) atoms. The lowest BCUT2D eigenvalue weighted by molar-refractivity contribution is -0.144. The zero-order valence-corrected chi connectivity index (χ0v) is 13.1. The largest absolute Gasteiger partial charge is 0.469 e. The molecule has 1 rings (SSSR count). The van der Waals surface area contributed by atoms with E-state index in [0.717, 1.165) is 19.3 Å². The highest BCUT2D eigenvalue weighted by atomic mass is 32.2. The molecule has 0 spiro atoms. The maximum atomic E-state index is 12.2. The fraction of sp³-hybridized carbons (Fsp3) is 0.846. The van der Waals surface area contributed by atoms with E-state index in [9.17, 15) is 18.0 Å². The Morgan fingerprint density at radius 1 is 1.15 bits per heavy atom. The predicted molar refractivity (Wildman–Crippen MR) is 74.9 cm³/mol. The van der Waals surface area contributed by atoms with Gasteiger partial charge in [-0.05, 0) is 26.2 Å². The molecule has 7 heteroatoms. The first-order valence-corrected chi connectivity index (χ1v) is 8.59. The number of amides is 1. The second-order valence-corrected chi connectivity index (χ2v) is 7.65. The number of carbonyl (C=O) groups is 2. The average molecular weight is 305 g/mol. The van der Waals surface area contributed by atoms with E-state index in [0.29, 0.717) is 13.1 Å². The summed E-state index contributed by atoms with van der Waals surface area (Å²) in [5.74, 6) is -2.06. The third-order valence-corrected chi connectivity index (χ3v) is 5.88. The first-order valence-electron chi connectivity index (χ1n) is 6.87. The first-order chi connectivity index (χ1) is 9.29. The number of nitrogens with zero attached hydrogens (tertiary/aromatic N) is 1. The van der Waals surface area contributed by atoms with E-state index in [1.54, 1.807) is 4.90 Å². The van der Waals surface area contributed by atoms with Crippen LogP contribution in [0.2, 0.25) is 0 Å². The van der Waals surface area contributed by atoms with Crippen molar-refractivity contribution in [3.05, 3.63) is 0 Å². The molecule has 1 amide bonds. The van der Waals surface area contributed by atoms with Crippen molar-refractivity contribution in [1.29, 1.82) is 0 Å². The number of methoxy groups -OCH3 is 1. The summed E-state index contributed by atoms with van der Waals surface area (Å²) < 4.78 is 28.9. The number of ether oxygens (including phenoxy) is 1. The Kier molecular flexibility index (Phi) is 5.98. The Morgan fingerprint density at radius 3 is 2.20 bits per heavy atom. The third kappa shape index (κ3) is 4.19. The minimum Gasteiger partial charge on any atom is -0.469 e. The fourth-order valence-corrected chi connectivity index (χ4v) is 3.86. The number of rotatable bonds is 5. The van der Waals surface area contributed by atoms with E-state index in [2.05, 4.69) is 4.74 Å². The molecule has 6 nitrogen and oxygen atoms in total. The molecule has 0 aliphatic carbocycles.